The maximum absolute atomic E-state index is 11.4. The van der Waals surface area contributed by atoms with Gasteiger partial charge in [-0.15, -0.1) is 0 Å². The van der Waals surface area contributed by atoms with Gasteiger partial charge in [-0.25, -0.2) is 14.0 Å². The van der Waals surface area contributed by atoms with Crippen molar-refractivity contribution in [3.05, 3.63) is 0 Å². The van der Waals surface area contributed by atoms with Crippen LogP contribution < -0.4 is 0 Å². The predicted molar refractivity (Wildman–Crippen MR) is 88.0 cm³/mol. The van der Waals surface area contributed by atoms with Crippen molar-refractivity contribution >= 4 is 22.3 Å². The van der Waals surface area contributed by atoms with E-state index in [1.807, 2.05) is 0 Å². The molecule has 2 fully saturated rings. The van der Waals surface area contributed by atoms with Crippen molar-refractivity contribution in [2.45, 2.75) is 62.0 Å². The molecule has 0 aromatic heterocycles. The fraction of sp³-hybridized carbons (Fsp3) is 0.857. The number of hydrogen-bond donors (Lipinski definition) is 6. The summed E-state index contributed by atoms with van der Waals surface area (Å²) in [7, 11) is -4.86. The summed E-state index contributed by atoms with van der Waals surface area (Å²) >= 11 is 0. The lowest BCUT2D eigenvalue weighted by molar-refractivity contribution is -0.278. The average molecular weight is 443 g/mol. The second-order valence-corrected chi connectivity index (χ2v) is 8.00. The minimum Gasteiger partial charge on any atom is -0.479 e. The van der Waals surface area contributed by atoms with Crippen LogP contribution >= 0.6 is 0 Å². The predicted octanol–water partition coefficient (Wildman–Crippen LogP) is -3.74. The van der Waals surface area contributed by atoms with Crippen molar-refractivity contribution in [1.82, 2.24) is 0 Å². The zero-order valence-electron chi connectivity index (χ0n) is 14.9. The van der Waals surface area contributed by atoms with Crippen LogP contribution in [0.2, 0.25) is 0 Å². The van der Waals surface area contributed by atoms with Gasteiger partial charge in [0.15, 0.2) is 12.0 Å². The molecular weight excluding hydrogens is 422 g/mol. The molecule has 3 heterocycles. The number of aliphatic carboxylic acids is 1. The molecule has 15 heteroatoms. The van der Waals surface area contributed by atoms with Gasteiger partial charge in [0.25, 0.3) is 0 Å². The summed E-state index contributed by atoms with van der Waals surface area (Å²) in [4.78, 5) is 15.5. The van der Waals surface area contributed by atoms with Crippen LogP contribution in [0.3, 0.4) is 0 Å². The lowest BCUT2D eigenvalue weighted by Crippen LogP contribution is -2.67. The van der Waals surface area contributed by atoms with Crippen LogP contribution in [0.25, 0.3) is 0 Å². The summed E-state index contributed by atoms with van der Waals surface area (Å²) in [5, 5.41) is 50.2. The zero-order chi connectivity index (χ0) is 21.7. The Hall–Kier alpha value is -1.43. The topological polar surface area (TPSA) is 222 Å². The van der Waals surface area contributed by atoms with Crippen molar-refractivity contribution in [1.29, 1.82) is 0 Å². The maximum Gasteiger partial charge on any atom is 0.397 e. The number of aliphatic hydroxyl groups is 4. The van der Waals surface area contributed by atoms with Gasteiger partial charge in [0.05, 0.1) is 18.8 Å². The van der Waals surface area contributed by atoms with Gasteiger partial charge in [0.1, 0.15) is 30.5 Å². The van der Waals surface area contributed by atoms with Gasteiger partial charge in [-0.2, -0.15) is 8.42 Å². The van der Waals surface area contributed by atoms with Crippen molar-refractivity contribution in [2.24, 2.45) is 10.9 Å². The van der Waals surface area contributed by atoms with E-state index in [1.54, 1.807) is 0 Å². The first-order valence-electron chi connectivity index (χ1n) is 8.49. The van der Waals surface area contributed by atoms with E-state index in [2.05, 4.69) is 9.18 Å². The van der Waals surface area contributed by atoms with E-state index in [0.717, 1.165) is 0 Å². The van der Waals surface area contributed by atoms with Crippen LogP contribution in [-0.4, -0.2) is 112 Å². The molecule has 0 aliphatic carbocycles. The van der Waals surface area contributed by atoms with E-state index in [0.29, 0.717) is 0 Å². The van der Waals surface area contributed by atoms with Crippen LogP contribution in [0.4, 0.5) is 0 Å². The first-order valence-corrected chi connectivity index (χ1v) is 9.86. The van der Waals surface area contributed by atoms with Crippen LogP contribution in [-0.2, 0) is 33.6 Å². The maximum atomic E-state index is 11.4. The quantitative estimate of drug-likeness (QED) is 0.225. The smallest absolute Gasteiger partial charge is 0.397 e. The molecule has 29 heavy (non-hydrogen) atoms. The third kappa shape index (κ3) is 4.37. The first-order chi connectivity index (χ1) is 13.4. The number of carboxylic acids is 1. The molecule has 3 aliphatic heterocycles. The lowest BCUT2D eigenvalue weighted by atomic mass is 9.78. The van der Waals surface area contributed by atoms with E-state index in [1.165, 1.54) is 6.92 Å². The Morgan fingerprint density at radius 3 is 2.34 bits per heavy atom. The number of carboxylic acid groups (broad SMARTS) is 1. The number of nitrogens with zero attached hydrogens (tertiary/aromatic N) is 1. The lowest BCUT2D eigenvalue weighted by Gasteiger charge is -2.48. The van der Waals surface area contributed by atoms with Crippen molar-refractivity contribution < 1.29 is 61.7 Å². The Morgan fingerprint density at radius 2 is 1.76 bits per heavy atom. The van der Waals surface area contributed by atoms with Crippen LogP contribution in [0, 0.1) is 5.92 Å². The number of aliphatic imine (C=N–C) groups is 1. The number of fused-ring (bicyclic) bond motifs is 1. The second-order valence-electron chi connectivity index (χ2n) is 6.91. The molecule has 166 valence electrons. The van der Waals surface area contributed by atoms with Gasteiger partial charge < -0.3 is 39.7 Å². The summed E-state index contributed by atoms with van der Waals surface area (Å²) in [6, 6.07) is -1.01. The molecule has 0 aromatic carbocycles. The molecule has 0 saturated carbocycles. The fourth-order valence-electron chi connectivity index (χ4n) is 3.73. The fourth-order valence-corrected chi connectivity index (χ4v) is 4.03. The monoisotopic (exact) mass is 443 g/mol. The van der Waals surface area contributed by atoms with Crippen LogP contribution in [0.5, 0.6) is 0 Å². The number of hydrogen-bond acceptors (Lipinski definition) is 12. The molecule has 3 rings (SSSR count). The molecule has 0 bridgehead atoms. The highest BCUT2D eigenvalue weighted by Gasteiger charge is 2.58. The molecule has 14 nitrogen and oxygen atoms in total. The first kappa shape index (κ1) is 22.3. The highest BCUT2D eigenvalue weighted by molar-refractivity contribution is 7.80. The van der Waals surface area contributed by atoms with E-state index < -0.39 is 84.0 Å². The number of rotatable bonds is 5. The highest BCUT2D eigenvalue weighted by Crippen LogP contribution is 2.39. The Kier molecular flexibility index (Phi) is 6.15. The average Bonchev–Trinajstić information content (AvgIpc) is 2.98. The Balaban J connectivity index is 1.91. The summed E-state index contributed by atoms with van der Waals surface area (Å²) < 4.78 is 50.7. The van der Waals surface area contributed by atoms with Gasteiger partial charge in [-0.3, -0.25) is 4.55 Å². The van der Waals surface area contributed by atoms with E-state index >= 15 is 0 Å². The summed E-state index contributed by atoms with van der Waals surface area (Å²) in [5.74, 6) is -2.73. The normalized spacial score (nSPS) is 45.2. The number of aliphatic hydroxyl groups excluding tert-OH is 4. The SMILES string of the molecule is CC1=N[C@@H]2C([C@@H]3O[C@H](C(=O)O)[C@@H](O)[C@H](O)[C@H]3O)[C@@H](O)[C@@H](COS(=O)(=O)O)O[C@@H]2O1. The van der Waals surface area contributed by atoms with Gasteiger partial charge >= 0.3 is 16.4 Å². The summed E-state index contributed by atoms with van der Waals surface area (Å²) in [5.41, 5.74) is 0. The van der Waals surface area contributed by atoms with Crippen LogP contribution in [0.15, 0.2) is 4.99 Å². The Morgan fingerprint density at radius 1 is 1.10 bits per heavy atom. The molecule has 0 spiro atoms. The van der Waals surface area contributed by atoms with Gasteiger partial charge in [0.2, 0.25) is 6.29 Å². The van der Waals surface area contributed by atoms with Gasteiger partial charge in [-0.05, 0) is 0 Å². The third-order valence-electron chi connectivity index (χ3n) is 5.03. The van der Waals surface area contributed by atoms with Crippen molar-refractivity contribution in [3.63, 3.8) is 0 Å². The number of ether oxygens (including phenoxy) is 3. The molecule has 0 radical (unpaired) electrons. The van der Waals surface area contributed by atoms with Gasteiger partial charge in [0, 0.05) is 12.8 Å². The van der Waals surface area contributed by atoms with E-state index in [9.17, 15) is 38.7 Å². The largest absolute Gasteiger partial charge is 0.479 e. The zero-order valence-corrected chi connectivity index (χ0v) is 15.7. The van der Waals surface area contributed by atoms with E-state index in [4.69, 9.17) is 18.8 Å². The highest BCUT2D eigenvalue weighted by atomic mass is 32.3. The Bertz CT molecular complexity index is 771. The molecule has 10 atom stereocenters. The number of carbonyl (C=O) groups is 1. The summed E-state index contributed by atoms with van der Waals surface area (Å²) in [6.45, 7) is 0.629. The van der Waals surface area contributed by atoms with Crippen LogP contribution in [0.1, 0.15) is 6.92 Å². The molecule has 3 aliphatic rings. The third-order valence-corrected chi connectivity index (χ3v) is 5.46. The standard InChI is InChI=1S/C14H21NO13S/c1-3-15-6-5(11-9(18)8(17)10(19)12(28-11)13(20)21)7(16)4(27-14(6)26-3)2-25-29(22,23)24/h4-12,14,16-19H,2H2,1H3,(H,20,21)(H,22,23,24)/t4-,5?,6-,7+,8-,9-,10+,11+,12+,14+/m1/s1. The van der Waals surface area contributed by atoms with Crippen molar-refractivity contribution in [3.8, 4) is 0 Å². The molecule has 1 unspecified atom stereocenters. The molecule has 0 amide bonds. The molecule has 2 saturated heterocycles. The van der Waals surface area contributed by atoms with E-state index in [-0.39, 0.29) is 5.90 Å². The minimum atomic E-state index is -4.86. The molecular formula is C14H21NO13S. The van der Waals surface area contributed by atoms with Gasteiger partial charge in [-0.1, -0.05) is 0 Å². The second kappa shape index (κ2) is 8.01. The molecule has 6 N–H and O–H groups in total. The van der Waals surface area contributed by atoms with Crippen molar-refractivity contribution in [2.75, 3.05) is 6.61 Å². The molecule has 0 aromatic rings. The summed E-state index contributed by atoms with van der Waals surface area (Å²) in [6.07, 6.45) is -13.3. The Labute approximate surface area is 164 Å². The minimum absolute atomic E-state index is 0.134.